The zero-order valence-corrected chi connectivity index (χ0v) is 18.8. The SMILES string of the molecule is CCCN1CCC(NC(=NC)NCc2ccccc2CN2CCC(C)CC2)CC1. The summed E-state index contributed by atoms with van der Waals surface area (Å²) in [6.07, 6.45) is 6.30. The van der Waals surface area contributed by atoms with Crippen LogP contribution in [0.4, 0.5) is 0 Å². The molecule has 0 amide bonds. The van der Waals surface area contributed by atoms with E-state index in [0.29, 0.717) is 6.04 Å². The smallest absolute Gasteiger partial charge is 0.191 e. The number of hydrogen-bond acceptors (Lipinski definition) is 3. The van der Waals surface area contributed by atoms with E-state index in [1.165, 1.54) is 76.0 Å². The summed E-state index contributed by atoms with van der Waals surface area (Å²) in [6, 6.07) is 9.39. The van der Waals surface area contributed by atoms with E-state index in [1.54, 1.807) is 0 Å². The number of likely N-dealkylation sites (tertiary alicyclic amines) is 2. The fraction of sp³-hybridized carbons (Fsp3) is 0.708. The van der Waals surface area contributed by atoms with Gasteiger partial charge in [-0.25, -0.2) is 0 Å². The number of nitrogens with zero attached hydrogens (tertiary/aromatic N) is 3. The topological polar surface area (TPSA) is 42.9 Å². The predicted molar refractivity (Wildman–Crippen MR) is 123 cm³/mol. The van der Waals surface area contributed by atoms with Crippen LogP contribution in [0.5, 0.6) is 0 Å². The summed E-state index contributed by atoms with van der Waals surface area (Å²) in [6.45, 7) is 12.6. The third kappa shape index (κ3) is 7.00. The van der Waals surface area contributed by atoms with Crippen LogP contribution in [-0.4, -0.2) is 61.6 Å². The molecule has 2 fully saturated rings. The molecule has 0 atom stereocenters. The molecule has 3 rings (SSSR count). The van der Waals surface area contributed by atoms with E-state index in [1.807, 2.05) is 7.05 Å². The van der Waals surface area contributed by atoms with Crippen LogP contribution in [0.15, 0.2) is 29.3 Å². The van der Waals surface area contributed by atoms with Gasteiger partial charge in [0.25, 0.3) is 0 Å². The normalized spacial score (nSPS) is 20.7. The first-order chi connectivity index (χ1) is 14.2. The number of hydrogen-bond donors (Lipinski definition) is 2. The van der Waals surface area contributed by atoms with E-state index in [9.17, 15) is 0 Å². The van der Waals surface area contributed by atoms with E-state index in [4.69, 9.17) is 0 Å². The maximum absolute atomic E-state index is 4.48. The van der Waals surface area contributed by atoms with Gasteiger partial charge in [0.15, 0.2) is 5.96 Å². The summed E-state index contributed by atoms with van der Waals surface area (Å²) in [5.74, 6) is 1.81. The lowest BCUT2D eigenvalue weighted by Gasteiger charge is -2.33. The van der Waals surface area contributed by atoms with Crippen molar-refractivity contribution in [3.05, 3.63) is 35.4 Å². The average Bonchev–Trinajstić information content (AvgIpc) is 2.75. The lowest BCUT2D eigenvalue weighted by molar-refractivity contribution is 0.185. The molecule has 2 aliphatic heterocycles. The van der Waals surface area contributed by atoms with Crippen molar-refractivity contribution < 1.29 is 0 Å². The molecule has 0 spiro atoms. The lowest BCUT2D eigenvalue weighted by Crippen LogP contribution is -2.48. The zero-order chi connectivity index (χ0) is 20.5. The van der Waals surface area contributed by atoms with Crippen LogP contribution in [0.1, 0.15) is 57.1 Å². The van der Waals surface area contributed by atoms with Gasteiger partial charge in [0.1, 0.15) is 0 Å². The number of piperidine rings is 2. The lowest BCUT2D eigenvalue weighted by atomic mass is 9.98. The summed E-state index contributed by atoms with van der Waals surface area (Å²) in [4.78, 5) is 9.66. The summed E-state index contributed by atoms with van der Waals surface area (Å²) in [5, 5.41) is 7.21. The Bertz CT molecular complexity index is 628. The van der Waals surface area contributed by atoms with Gasteiger partial charge in [0, 0.05) is 39.3 Å². The van der Waals surface area contributed by atoms with Gasteiger partial charge in [-0.3, -0.25) is 9.89 Å². The third-order valence-electron chi connectivity index (χ3n) is 6.53. The first-order valence-corrected chi connectivity index (χ1v) is 11.7. The maximum atomic E-state index is 4.48. The van der Waals surface area contributed by atoms with Gasteiger partial charge in [-0.05, 0) is 68.8 Å². The molecular weight excluding hydrogens is 358 g/mol. The highest BCUT2D eigenvalue weighted by atomic mass is 15.2. The van der Waals surface area contributed by atoms with Crippen LogP contribution in [-0.2, 0) is 13.1 Å². The number of guanidine groups is 1. The van der Waals surface area contributed by atoms with Gasteiger partial charge < -0.3 is 15.5 Å². The second-order valence-electron chi connectivity index (χ2n) is 8.91. The number of rotatable bonds is 7. The molecule has 2 saturated heterocycles. The molecule has 29 heavy (non-hydrogen) atoms. The van der Waals surface area contributed by atoms with Gasteiger partial charge in [0.05, 0.1) is 0 Å². The Morgan fingerprint density at radius 1 is 1.00 bits per heavy atom. The van der Waals surface area contributed by atoms with E-state index in [0.717, 1.165) is 25.0 Å². The Balaban J connectivity index is 1.48. The fourth-order valence-electron chi connectivity index (χ4n) is 4.53. The minimum absolute atomic E-state index is 0.528. The van der Waals surface area contributed by atoms with Gasteiger partial charge >= 0.3 is 0 Å². The molecule has 1 aromatic rings. The van der Waals surface area contributed by atoms with E-state index < -0.39 is 0 Å². The minimum atomic E-state index is 0.528. The van der Waals surface area contributed by atoms with Gasteiger partial charge in [-0.15, -0.1) is 0 Å². The first kappa shape index (κ1) is 22.1. The predicted octanol–water partition coefficient (Wildman–Crippen LogP) is 3.46. The number of aliphatic imine (C=N–C) groups is 1. The molecule has 0 aromatic heterocycles. The highest BCUT2D eigenvalue weighted by Crippen LogP contribution is 2.19. The summed E-state index contributed by atoms with van der Waals surface area (Å²) < 4.78 is 0. The van der Waals surface area contributed by atoms with Crippen molar-refractivity contribution in [2.24, 2.45) is 10.9 Å². The van der Waals surface area contributed by atoms with E-state index >= 15 is 0 Å². The Kier molecular flexibility index (Phi) is 8.81. The van der Waals surface area contributed by atoms with E-state index in [2.05, 4.69) is 63.5 Å². The number of nitrogens with one attached hydrogen (secondary N) is 2. The van der Waals surface area contributed by atoms with Crippen LogP contribution in [0.25, 0.3) is 0 Å². The van der Waals surface area contributed by atoms with Gasteiger partial charge in [-0.2, -0.15) is 0 Å². The third-order valence-corrected chi connectivity index (χ3v) is 6.53. The van der Waals surface area contributed by atoms with Gasteiger partial charge in [-0.1, -0.05) is 38.1 Å². The van der Waals surface area contributed by atoms with Crippen molar-refractivity contribution >= 4 is 5.96 Å². The van der Waals surface area contributed by atoms with Crippen LogP contribution in [0.3, 0.4) is 0 Å². The molecule has 0 aliphatic carbocycles. The Morgan fingerprint density at radius 2 is 1.66 bits per heavy atom. The molecule has 0 radical (unpaired) electrons. The Morgan fingerprint density at radius 3 is 2.31 bits per heavy atom. The van der Waals surface area contributed by atoms with Crippen molar-refractivity contribution in [1.29, 1.82) is 0 Å². The largest absolute Gasteiger partial charge is 0.354 e. The van der Waals surface area contributed by atoms with E-state index in [-0.39, 0.29) is 0 Å². The monoisotopic (exact) mass is 399 g/mol. The molecule has 162 valence electrons. The maximum Gasteiger partial charge on any atom is 0.191 e. The molecule has 0 unspecified atom stereocenters. The molecule has 1 aromatic carbocycles. The summed E-state index contributed by atoms with van der Waals surface area (Å²) >= 11 is 0. The Hall–Kier alpha value is -1.59. The molecule has 2 N–H and O–H groups in total. The molecule has 2 heterocycles. The first-order valence-electron chi connectivity index (χ1n) is 11.7. The quantitative estimate of drug-likeness (QED) is 0.544. The van der Waals surface area contributed by atoms with Crippen molar-refractivity contribution in [3.8, 4) is 0 Å². The second-order valence-corrected chi connectivity index (χ2v) is 8.91. The zero-order valence-electron chi connectivity index (χ0n) is 18.8. The average molecular weight is 400 g/mol. The van der Waals surface area contributed by atoms with Crippen molar-refractivity contribution in [2.75, 3.05) is 39.8 Å². The summed E-state index contributed by atoms with van der Waals surface area (Å²) in [5.41, 5.74) is 2.82. The molecular formula is C24H41N5. The fourth-order valence-corrected chi connectivity index (χ4v) is 4.53. The second kappa shape index (κ2) is 11.6. The highest BCUT2D eigenvalue weighted by molar-refractivity contribution is 5.80. The highest BCUT2D eigenvalue weighted by Gasteiger charge is 2.20. The standard InChI is InChI=1S/C24H41N5/c1-4-13-28-16-11-23(12-17-28)27-24(25-3)26-18-21-7-5-6-8-22(21)19-29-14-9-20(2)10-15-29/h5-8,20,23H,4,9-19H2,1-3H3,(H2,25,26,27). The van der Waals surface area contributed by atoms with Crippen LogP contribution >= 0.6 is 0 Å². The Labute approximate surface area is 178 Å². The van der Waals surface area contributed by atoms with Crippen molar-refractivity contribution in [1.82, 2.24) is 20.4 Å². The van der Waals surface area contributed by atoms with Crippen LogP contribution in [0.2, 0.25) is 0 Å². The molecule has 5 nitrogen and oxygen atoms in total. The number of benzene rings is 1. The van der Waals surface area contributed by atoms with Crippen molar-refractivity contribution in [3.63, 3.8) is 0 Å². The van der Waals surface area contributed by atoms with Gasteiger partial charge in [0.2, 0.25) is 0 Å². The van der Waals surface area contributed by atoms with Crippen LogP contribution in [0, 0.1) is 5.92 Å². The minimum Gasteiger partial charge on any atom is -0.354 e. The molecule has 0 saturated carbocycles. The van der Waals surface area contributed by atoms with Crippen LogP contribution < -0.4 is 10.6 Å². The molecule has 2 aliphatic rings. The summed E-state index contributed by atoms with van der Waals surface area (Å²) in [7, 11) is 1.88. The van der Waals surface area contributed by atoms with Crippen molar-refractivity contribution in [2.45, 2.75) is 65.1 Å². The molecule has 0 bridgehead atoms. The molecule has 5 heteroatoms.